The van der Waals surface area contributed by atoms with Crippen LogP contribution in [-0.2, 0) is 5.97 Å². The summed E-state index contributed by atoms with van der Waals surface area (Å²) in [5.41, 5.74) is 11.0. The van der Waals surface area contributed by atoms with Gasteiger partial charge in [0.25, 0.3) is 5.88 Å². The van der Waals surface area contributed by atoms with Crippen molar-refractivity contribution in [2.75, 3.05) is 11.5 Å². The minimum absolute atomic E-state index is 0.0128. The van der Waals surface area contributed by atoms with E-state index in [4.69, 9.17) is 16.2 Å². The van der Waals surface area contributed by atoms with E-state index in [9.17, 15) is 10.2 Å². The first kappa shape index (κ1) is 13.5. The van der Waals surface area contributed by atoms with E-state index in [1.54, 1.807) is 0 Å². The summed E-state index contributed by atoms with van der Waals surface area (Å²) >= 11 is 3.07. The lowest BCUT2D eigenvalue weighted by Crippen LogP contribution is -2.33. The number of nitrogens with zero attached hydrogens (tertiary/aromatic N) is 3. The Morgan fingerprint density at radius 2 is 2.00 bits per heavy atom. The molecule has 0 spiro atoms. The maximum absolute atomic E-state index is 9.89. The van der Waals surface area contributed by atoms with Crippen LogP contribution in [0.2, 0.25) is 0 Å². The summed E-state index contributed by atoms with van der Waals surface area (Å²) in [7, 11) is 0. The van der Waals surface area contributed by atoms with Gasteiger partial charge in [0.2, 0.25) is 0 Å². The van der Waals surface area contributed by atoms with Gasteiger partial charge in [-0.25, -0.2) is 15.0 Å². The lowest BCUT2D eigenvalue weighted by Gasteiger charge is -2.22. The van der Waals surface area contributed by atoms with Crippen molar-refractivity contribution in [3.05, 3.63) is 34.7 Å². The lowest BCUT2D eigenvalue weighted by molar-refractivity contribution is -0.305. The van der Waals surface area contributed by atoms with Gasteiger partial charge in [-0.1, -0.05) is 0 Å². The van der Waals surface area contributed by atoms with Crippen LogP contribution in [0, 0.1) is 0 Å². The summed E-state index contributed by atoms with van der Waals surface area (Å²) in [5, 5.41) is 19.8. The third kappa shape index (κ3) is 3.08. The van der Waals surface area contributed by atoms with Crippen LogP contribution in [0.25, 0.3) is 0 Å². The van der Waals surface area contributed by atoms with Gasteiger partial charge in [-0.3, -0.25) is 0 Å². The maximum Gasteiger partial charge on any atom is 0.352 e. The predicted octanol–water partition coefficient (Wildman–Crippen LogP) is -0.0276. The Labute approximate surface area is 116 Å². The average Bonchev–Trinajstić information content (AvgIpc) is 2.33. The quantitative estimate of drug-likeness (QED) is 0.576. The van der Waals surface area contributed by atoms with Crippen LogP contribution in [0.4, 0.5) is 11.6 Å². The Bertz CT molecular complexity index is 607. The number of halogens is 1. The van der Waals surface area contributed by atoms with Crippen molar-refractivity contribution in [1.82, 2.24) is 15.0 Å². The number of rotatable bonds is 3. The van der Waals surface area contributed by atoms with Crippen LogP contribution in [0.5, 0.6) is 5.88 Å². The molecule has 100 valence electrons. The van der Waals surface area contributed by atoms with Crippen molar-refractivity contribution in [2.45, 2.75) is 5.97 Å². The number of nitrogens with two attached hydrogens (primary N) is 2. The zero-order valence-corrected chi connectivity index (χ0v) is 11.1. The topological polar surface area (TPSA) is 140 Å². The molecule has 0 aliphatic carbocycles. The standard InChI is InChI=1S/C10H10BrN5O3/c11-6-4-15-8(13)9(16-6)19-10(17,18)5-1-2-14-7(12)3-5/h1-4,17-18H,(H2,12,14)(H2,13,15). The molecule has 0 aromatic carbocycles. The smallest absolute Gasteiger partial charge is 0.352 e. The van der Waals surface area contributed by atoms with E-state index >= 15 is 0 Å². The van der Waals surface area contributed by atoms with Gasteiger partial charge in [-0.15, -0.1) is 0 Å². The van der Waals surface area contributed by atoms with E-state index in [1.807, 2.05) is 0 Å². The van der Waals surface area contributed by atoms with Gasteiger partial charge < -0.3 is 26.4 Å². The van der Waals surface area contributed by atoms with Crippen molar-refractivity contribution in [3.8, 4) is 5.88 Å². The number of aromatic nitrogens is 3. The molecule has 0 radical (unpaired) electrons. The fraction of sp³-hybridized carbons (Fsp3) is 0.100. The molecule has 0 aliphatic rings. The van der Waals surface area contributed by atoms with Gasteiger partial charge in [0, 0.05) is 6.20 Å². The second kappa shape index (κ2) is 4.96. The number of hydrogen-bond donors (Lipinski definition) is 4. The van der Waals surface area contributed by atoms with Gasteiger partial charge >= 0.3 is 5.97 Å². The minimum Gasteiger partial charge on any atom is -0.414 e. The van der Waals surface area contributed by atoms with Crippen molar-refractivity contribution in [2.24, 2.45) is 0 Å². The molecule has 0 amide bonds. The fourth-order valence-corrected chi connectivity index (χ4v) is 1.54. The van der Waals surface area contributed by atoms with Crippen LogP contribution in [0.1, 0.15) is 5.56 Å². The number of anilines is 2. The number of ether oxygens (including phenoxy) is 1. The Balaban J connectivity index is 2.33. The molecular weight excluding hydrogens is 318 g/mol. The van der Waals surface area contributed by atoms with Crippen LogP contribution in [-0.4, -0.2) is 25.2 Å². The third-order valence-corrected chi connectivity index (χ3v) is 2.52. The summed E-state index contributed by atoms with van der Waals surface area (Å²) in [6.07, 6.45) is 2.66. The average molecular weight is 328 g/mol. The van der Waals surface area contributed by atoms with Gasteiger partial charge in [-0.05, 0) is 28.1 Å². The van der Waals surface area contributed by atoms with Crippen molar-refractivity contribution < 1.29 is 14.9 Å². The molecule has 0 atom stereocenters. The minimum atomic E-state index is -2.65. The van der Waals surface area contributed by atoms with Crippen molar-refractivity contribution in [3.63, 3.8) is 0 Å². The van der Waals surface area contributed by atoms with Crippen LogP contribution < -0.4 is 16.2 Å². The Hall–Kier alpha value is -1.97. The van der Waals surface area contributed by atoms with E-state index in [1.165, 1.54) is 24.5 Å². The molecule has 0 unspecified atom stereocenters. The lowest BCUT2D eigenvalue weighted by atomic mass is 10.2. The Morgan fingerprint density at radius 1 is 1.26 bits per heavy atom. The van der Waals surface area contributed by atoms with Gasteiger partial charge in [-0.2, -0.15) is 0 Å². The highest BCUT2D eigenvalue weighted by molar-refractivity contribution is 9.10. The van der Waals surface area contributed by atoms with Gasteiger partial charge in [0.15, 0.2) is 5.82 Å². The summed E-state index contributed by atoms with van der Waals surface area (Å²) in [6.45, 7) is 0. The van der Waals surface area contributed by atoms with E-state index in [0.29, 0.717) is 4.60 Å². The monoisotopic (exact) mass is 327 g/mol. The number of hydrogen-bond acceptors (Lipinski definition) is 8. The predicted molar refractivity (Wildman–Crippen MR) is 69.5 cm³/mol. The molecule has 19 heavy (non-hydrogen) atoms. The fourth-order valence-electron chi connectivity index (χ4n) is 1.28. The SMILES string of the molecule is Nc1cc(C(O)(O)Oc2nc(Br)cnc2N)ccn1. The molecule has 0 aliphatic heterocycles. The molecule has 2 rings (SSSR count). The molecule has 2 aromatic rings. The highest BCUT2D eigenvalue weighted by Crippen LogP contribution is 2.26. The molecule has 0 saturated heterocycles. The number of nitrogen functional groups attached to an aromatic ring is 2. The highest BCUT2D eigenvalue weighted by Gasteiger charge is 2.31. The van der Waals surface area contributed by atoms with E-state index in [-0.39, 0.29) is 23.1 Å². The number of pyridine rings is 1. The van der Waals surface area contributed by atoms with E-state index in [2.05, 4.69) is 30.9 Å². The molecule has 8 nitrogen and oxygen atoms in total. The normalized spacial score (nSPS) is 11.3. The van der Waals surface area contributed by atoms with Crippen molar-refractivity contribution in [1.29, 1.82) is 0 Å². The third-order valence-electron chi connectivity index (χ3n) is 2.13. The highest BCUT2D eigenvalue weighted by atomic mass is 79.9. The van der Waals surface area contributed by atoms with Gasteiger partial charge in [0.05, 0.1) is 11.8 Å². The Kier molecular flexibility index (Phi) is 3.51. The zero-order chi connectivity index (χ0) is 14.0. The summed E-state index contributed by atoms with van der Waals surface area (Å²) in [6, 6.07) is 2.58. The first-order chi connectivity index (χ1) is 8.88. The maximum atomic E-state index is 9.89. The van der Waals surface area contributed by atoms with Gasteiger partial charge in [0.1, 0.15) is 10.4 Å². The van der Waals surface area contributed by atoms with Crippen LogP contribution in [0.15, 0.2) is 29.1 Å². The molecule has 9 heteroatoms. The van der Waals surface area contributed by atoms with Crippen molar-refractivity contribution >= 4 is 27.6 Å². The van der Waals surface area contributed by atoms with E-state index < -0.39 is 5.97 Å². The first-order valence-corrected chi connectivity index (χ1v) is 5.81. The first-order valence-electron chi connectivity index (χ1n) is 5.02. The molecule has 0 bridgehead atoms. The second-order valence-electron chi connectivity index (χ2n) is 3.56. The zero-order valence-electron chi connectivity index (χ0n) is 9.49. The van der Waals surface area contributed by atoms with Crippen LogP contribution in [0.3, 0.4) is 0 Å². The largest absolute Gasteiger partial charge is 0.414 e. The molecule has 6 N–H and O–H groups in total. The summed E-state index contributed by atoms with van der Waals surface area (Å²) in [4.78, 5) is 11.3. The Morgan fingerprint density at radius 3 is 2.68 bits per heavy atom. The second-order valence-corrected chi connectivity index (χ2v) is 4.38. The summed E-state index contributed by atoms with van der Waals surface area (Å²) in [5.74, 6) is -2.85. The van der Waals surface area contributed by atoms with E-state index in [0.717, 1.165) is 0 Å². The molecule has 2 heterocycles. The van der Waals surface area contributed by atoms with Crippen LogP contribution >= 0.6 is 15.9 Å². The molecule has 2 aromatic heterocycles. The molecular formula is C10H10BrN5O3. The molecule has 0 fully saturated rings. The molecule has 0 saturated carbocycles. The number of aliphatic hydroxyl groups is 2. The summed E-state index contributed by atoms with van der Waals surface area (Å²) < 4.78 is 5.29.